The molecule has 174 valence electrons. The number of anilines is 2. The summed E-state index contributed by atoms with van der Waals surface area (Å²) >= 11 is 0. The Kier molecular flexibility index (Phi) is 6.43. The molecular weight excluding hydrogens is 433 g/mol. The van der Waals surface area contributed by atoms with Gasteiger partial charge in [0.05, 0.1) is 30.0 Å². The predicted molar refractivity (Wildman–Crippen MR) is 118 cm³/mol. The molecule has 33 heavy (non-hydrogen) atoms. The van der Waals surface area contributed by atoms with Crippen molar-refractivity contribution in [2.45, 2.75) is 6.10 Å². The van der Waals surface area contributed by atoms with Crippen molar-refractivity contribution in [1.29, 1.82) is 0 Å². The molecule has 2 aliphatic rings. The molecule has 0 spiro atoms. The van der Waals surface area contributed by atoms with Crippen molar-refractivity contribution >= 4 is 29.3 Å². The van der Waals surface area contributed by atoms with E-state index in [1.807, 2.05) is 4.90 Å². The van der Waals surface area contributed by atoms with E-state index in [0.717, 1.165) is 0 Å². The van der Waals surface area contributed by atoms with Crippen LogP contribution in [0.5, 0.6) is 0 Å². The molecule has 4 rings (SSSR count). The van der Waals surface area contributed by atoms with Crippen LogP contribution >= 0.6 is 0 Å². The number of nitrogens with zero attached hydrogens (tertiary/aromatic N) is 3. The van der Waals surface area contributed by atoms with Gasteiger partial charge >= 0.3 is 12.1 Å². The number of benzene rings is 2. The first-order valence-corrected chi connectivity index (χ1v) is 10.5. The van der Waals surface area contributed by atoms with Gasteiger partial charge in [-0.2, -0.15) is 0 Å². The third kappa shape index (κ3) is 4.73. The molecule has 2 aliphatic heterocycles. The van der Waals surface area contributed by atoms with Gasteiger partial charge in [-0.1, -0.05) is 0 Å². The minimum absolute atomic E-state index is 0.0983. The van der Waals surface area contributed by atoms with Gasteiger partial charge in [-0.25, -0.2) is 19.4 Å². The Hall–Kier alpha value is -3.70. The number of ether oxygens (including phenoxy) is 1. The highest BCUT2D eigenvalue weighted by atomic mass is 19.1. The van der Waals surface area contributed by atoms with E-state index in [1.165, 1.54) is 40.2 Å². The van der Waals surface area contributed by atoms with Gasteiger partial charge in [-0.15, -0.1) is 0 Å². The molecule has 0 aliphatic carbocycles. The molecule has 0 unspecified atom stereocenters. The first-order chi connectivity index (χ1) is 15.9. The molecule has 0 bridgehead atoms. The second kappa shape index (κ2) is 9.43. The zero-order valence-electron chi connectivity index (χ0n) is 17.7. The Bertz CT molecular complexity index is 1060. The van der Waals surface area contributed by atoms with Crippen molar-refractivity contribution in [3.05, 3.63) is 59.4 Å². The van der Waals surface area contributed by atoms with Crippen molar-refractivity contribution < 1.29 is 28.6 Å². The van der Waals surface area contributed by atoms with Crippen LogP contribution in [0.1, 0.15) is 20.7 Å². The highest BCUT2D eigenvalue weighted by Gasteiger charge is 2.32. The molecule has 2 aromatic carbocycles. The number of hydrogen-bond acceptors (Lipinski definition) is 7. The first-order valence-electron chi connectivity index (χ1n) is 10.5. The highest BCUT2D eigenvalue weighted by Crippen LogP contribution is 2.28. The number of halogens is 1. The van der Waals surface area contributed by atoms with Crippen LogP contribution in [0, 0.1) is 5.82 Å². The van der Waals surface area contributed by atoms with Crippen LogP contribution in [0.2, 0.25) is 0 Å². The maximum absolute atomic E-state index is 15.0. The summed E-state index contributed by atoms with van der Waals surface area (Å²) in [4.78, 5) is 38.9. The van der Waals surface area contributed by atoms with Crippen LogP contribution < -0.4 is 21.0 Å². The van der Waals surface area contributed by atoms with E-state index in [-0.39, 0.29) is 31.1 Å². The van der Waals surface area contributed by atoms with Crippen molar-refractivity contribution in [3.63, 3.8) is 0 Å². The number of hydrazine groups is 1. The molecule has 0 radical (unpaired) electrons. The number of hydrogen-bond donors (Lipinski definition) is 3. The lowest BCUT2D eigenvalue weighted by molar-refractivity contribution is 0.0674. The smallest absolute Gasteiger partial charge is 0.414 e. The molecule has 2 saturated heterocycles. The maximum atomic E-state index is 15.0. The Labute approximate surface area is 189 Å². The second-order valence-corrected chi connectivity index (χ2v) is 7.72. The third-order valence-corrected chi connectivity index (χ3v) is 5.62. The lowest BCUT2D eigenvalue weighted by atomic mass is 10.1. The van der Waals surface area contributed by atoms with Crippen molar-refractivity contribution in [2.75, 3.05) is 49.1 Å². The molecule has 2 fully saturated rings. The minimum Gasteiger partial charge on any atom is -0.478 e. The van der Waals surface area contributed by atoms with Gasteiger partial charge < -0.3 is 20.5 Å². The van der Waals surface area contributed by atoms with Crippen molar-refractivity contribution in [2.24, 2.45) is 5.73 Å². The molecule has 0 saturated carbocycles. The molecular formula is C22H24FN5O5. The Morgan fingerprint density at radius 3 is 2.48 bits per heavy atom. The van der Waals surface area contributed by atoms with Crippen LogP contribution in [0.25, 0.3) is 0 Å². The minimum atomic E-state index is -1.06. The fourth-order valence-electron chi connectivity index (χ4n) is 3.83. The molecule has 11 heteroatoms. The second-order valence-electron chi connectivity index (χ2n) is 7.72. The average Bonchev–Trinajstić information content (AvgIpc) is 3.03. The van der Waals surface area contributed by atoms with Crippen LogP contribution in [0.4, 0.5) is 20.6 Å². The number of nitrogens with two attached hydrogens (primary N) is 1. The number of rotatable bonds is 5. The van der Waals surface area contributed by atoms with Gasteiger partial charge in [-0.05, 0) is 42.5 Å². The van der Waals surface area contributed by atoms with Crippen LogP contribution in [-0.2, 0) is 4.74 Å². The summed E-state index contributed by atoms with van der Waals surface area (Å²) in [5.41, 5.74) is 9.79. The van der Waals surface area contributed by atoms with E-state index in [9.17, 15) is 18.8 Å². The van der Waals surface area contributed by atoms with E-state index < -0.39 is 24.0 Å². The molecule has 2 aromatic rings. The standard InChI is InChI=1S/C22H24FN5O5/c23-18-11-16(27-13-17(12-24)33-22(27)32)5-6-19(18)26-8-7-25-28(10-9-26)20(29)14-1-3-15(4-2-14)21(30)31/h1-6,11,17,25H,7-10,12-13,24H2,(H,30,31)/t17-/m0/s1. The van der Waals surface area contributed by atoms with Crippen LogP contribution in [0.3, 0.4) is 0 Å². The van der Waals surface area contributed by atoms with Gasteiger partial charge in [0.25, 0.3) is 5.91 Å². The van der Waals surface area contributed by atoms with Gasteiger partial charge in [0.15, 0.2) is 0 Å². The summed E-state index contributed by atoms with van der Waals surface area (Å²) in [6.07, 6.45) is -0.970. The number of amides is 2. The summed E-state index contributed by atoms with van der Waals surface area (Å²) in [7, 11) is 0. The lowest BCUT2D eigenvalue weighted by Gasteiger charge is -2.24. The molecule has 0 aromatic heterocycles. The fraction of sp³-hybridized carbons (Fsp3) is 0.318. The summed E-state index contributed by atoms with van der Waals surface area (Å²) in [5.74, 6) is -1.85. The Morgan fingerprint density at radius 2 is 1.85 bits per heavy atom. The number of aromatic carboxylic acids is 1. The topological polar surface area (TPSA) is 128 Å². The lowest BCUT2D eigenvalue weighted by Crippen LogP contribution is -2.43. The highest BCUT2D eigenvalue weighted by molar-refractivity contribution is 5.95. The predicted octanol–water partition coefficient (Wildman–Crippen LogP) is 1.27. The van der Waals surface area contributed by atoms with Crippen molar-refractivity contribution in [1.82, 2.24) is 10.4 Å². The third-order valence-electron chi connectivity index (χ3n) is 5.62. The summed E-state index contributed by atoms with van der Waals surface area (Å²) in [6.45, 7) is 1.99. The zero-order valence-corrected chi connectivity index (χ0v) is 17.7. The number of carboxylic acids is 1. The van der Waals surface area contributed by atoms with E-state index >= 15 is 0 Å². The van der Waals surface area contributed by atoms with Crippen molar-refractivity contribution in [3.8, 4) is 0 Å². The number of carbonyl (C=O) groups excluding carboxylic acids is 2. The van der Waals surface area contributed by atoms with E-state index in [2.05, 4.69) is 5.43 Å². The zero-order chi connectivity index (χ0) is 23.5. The quantitative estimate of drug-likeness (QED) is 0.613. The van der Waals surface area contributed by atoms with Gasteiger partial charge in [-0.3, -0.25) is 14.7 Å². The molecule has 4 N–H and O–H groups in total. The molecule has 10 nitrogen and oxygen atoms in total. The number of carbonyl (C=O) groups is 3. The van der Waals surface area contributed by atoms with E-state index in [4.69, 9.17) is 15.6 Å². The fourth-order valence-corrected chi connectivity index (χ4v) is 3.83. The van der Waals surface area contributed by atoms with Gasteiger partial charge in [0.1, 0.15) is 11.9 Å². The maximum Gasteiger partial charge on any atom is 0.414 e. The van der Waals surface area contributed by atoms with E-state index in [0.29, 0.717) is 36.6 Å². The Balaban J connectivity index is 1.42. The van der Waals surface area contributed by atoms with Gasteiger partial charge in [0, 0.05) is 31.7 Å². The largest absolute Gasteiger partial charge is 0.478 e. The molecule has 2 heterocycles. The van der Waals surface area contributed by atoms with Crippen LogP contribution in [-0.4, -0.2) is 73.5 Å². The monoisotopic (exact) mass is 457 g/mol. The summed E-state index contributed by atoms with van der Waals surface area (Å²) < 4.78 is 20.1. The number of carboxylic acid groups (broad SMARTS) is 1. The molecule has 2 amide bonds. The summed E-state index contributed by atoms with van der Waals surface area (Å²) in [5, 5.41) is 10.4. The SMILES string of the molecule is NC[C@H]1CN(c2ccc(N3CCNN(C(=O)c4ccc(C(=O)O)cc4)CC3)c(F)c2)C(=O)O1. The normalized spacial score (nSPS) is 18.8. The van der Waals surface area contributed by atoms with Gasteiger partial charge in [0.2, 0.25) is 0 Å². The van der Waals surface area contributed by atoms with Crippen LogP contribution in [0.15, 0.2) is 42.5 Å². The first kappa shape index (κ1) is 22.5. The number of nitrogens with one attached hydrogen (secondary N) is 1. The Morgan fingerprint density at radius 1 is 1.12 bits per heavy atom. The summed E-state index contributed by atoms with van der Waals surface area (Å²) in [6, 6.07) is 10.2. The molecule has 1 atom stereocenters. The number of cyclic esters (lactones) is 1. The van der Waals surface area contributed by atoms with E-state index in [1.54, 1.807) is 12.1 Å². The average molecular weight is 457 g/mol.